The van der Waals surface area contributed by atoms with Crippen molar-refractivity contribution < 1.29 is 4.74 Å². The van der Waals surface area contributed by atoms with Crippen molar-refractivity contribution in [3.63, 3.8) is 0 Å². The second kappa shape index (κ2) is 10.5. The fourth-order valence-electron chi connectivity index (χ4n) is 4.90. The lowest BCUT2D eigenvalue weighted by Crippen LogP contribution is -2.26. The lowest BCUT2D eigenvalue weighted by atomic mass is 9.99. The van der Waals surface area contributed by atoms with Gasteiger partial charge in [0.1, 0.15) is 11.3 Å². The Bertz CT molecular complexity index is 1890. The van der Waals surface area contributed by atoms with Crippen LogP contribution in [0.2, 0.25) is 0 Å². The number of rotatable bonds is 7. The maximum atomic E-state index is 14.4. The van der Waals surface area contributed by atoms with Crippen LogP contribution in [0, 0.1) is 0 Å². The fraction of sp³-hybridized carbons (Fsp3) is 0.161. The minimum Gasteiger partial charge on any atom is -0.467 e. The number of fused-ring (bicyclic) bond motifs is 2. The SMILES string of the molecule is CCc1nc(N[C@@H](C)c2cc3cccc(-c4cnc(OC)nc4)c3c(=O)n2-c2ccccc2)c2ncccc2n1. The van der Waals surface area contributed by atoms with Gasteiger partial charge in [-0.2, -0.15) is 0 Å². The third-order valence-corrected chi connectivity index (χ3v) is 6.83. The van der Waals surface area contributed by atoms with Gasteiger partial charge in [0.2, 0.25) is 0 Å². The molecule has 0 saturated carbocycles. The first kappa shape index (κ1) is 25.1. The summed E-state index contributed by atoms with van der Waals surface area (Å²) in [5.74, 6) is 1.35. The van der Waals surface area contributed by atoms with E-state index in [0.717, 1.165) is 39.2 Å². The molecule has 4 aromatic heterocycles. The van der Waals surface area contributed by atoms with Gasteiger partial charge < -0.3 is 10.1 Å². The smallest absolute Gasteiger partial charge is 0.316 e. The summed E-state index contributed by atoms with van der Waals surface area (Å²) in [4.78, 5) is 36.8. The summed E-state index contributed by atoms with van der Waals surface area (Å²) < 4.78 is 6.87. The van der Waals surface area contributed by atoms with E-state index in [4.69, 9.17) is 9.72 Å². The van der Waals surface area contributed by atoms with Gasteiger partial charge in [0.25, 0.3) is 5.56 Å². The molecular weight excluding hydrogens is 502 g/mol. The third-order valence-electron chi connectivity index (χ3n) is 6.83. The van der Waals surface area contributed by atoms with Crippen molar-refractivity contribution in [2.75, 3.05) is 12.4 Å². The molecule has 9 heteroatoms. The van der Waals surface area contributed by atoms with Crippen LogP contribution in [0.4, 0.5) is 5.82 Å². The number of anilines is 1. The minimum atomic E-state index is -0.296. The van der Waals surface area contributed by atoms with Crippen molar-refractivity contribution in [2.24, 2.45) is 0 Å². The maximum Gasteiger partial charge on any atom is 0.316 e. The number of nitrogens with zero attached hydrogens (tertiary/aromatic N) is 6. The highest BCUT2D eigenvalue weighted by Crippen LogP contribution is 2.30. The Hall–Kier alpha value is -5.18. The number of para-hydroxylation sites is 1. The Balaban J connectivity index is 1.55. The lowest BCUT2D eigenvalue weighted by molar-refractivity contribution is 0.380. The van der Waals surface area contributed by atoms with Gasteiger partial charge in [0.05, 0.1) is 24.1 Å². The van der Waals surface area contributed by atoms with Crippen molar-refractivity contribution in [2.45, 2.75) is 26.3 Å². The van der Waals surface area contributed by atoms with Gasteiger partial charge in [-0.25, -0.2) is 19.9 Å². The zero-order valence-electron chi connectivity index (χ0n) is 22.4. The van der Waals surface area contributed by atoms with Crippen molar-refractivity contribution >= 4 is 27.6 Å². The first-order valence-corrected chi connectivity index (χ1v) is 13.1. The highest BCUT2D eigenvalue weighted by Gasteiger charge is 2.20. The normalized spacial score (nSPS) is 12.0. The number of methoxy groups -OCH3 is 1. The molecule has 0 amide bonds. The van der Waals surface area contributed by atoms with Gasteiger partial charge in [0, 0.05) is 42.0 Å². The molecule has 0 bridgehead atoms. The average Bonchev–Trinajstić information content (AvgIpc) is 3.01. The van der Waals surface area contributed by atoms with Crippen molar-refractivity contribution in [1.82, 2.24) is 29.5 Å². The molecular formula is C31H27N7O2. The van der Waals surface area contributed by atoms with Crippen LogP contribution in [0.5, 0.6) is 6.01 Å². The summed E-state index contributed by atoms with van der Waals surface area (Å²) in [6, 6.07) is 21.3. The number of pyridine rings is 2. The van der Waals surface area contributed by atoms with Crippen LogP contribution < -0.4 is 15.6 Å². The highest BCUT2D eigenvalue weighted by molar-refractivity contribution is 5.96. The molecule has 0 aliphatic heterocycles. The summed E-state index contributed by atoms with van der Waals surface area (Å²) in [5.41, 5.74) is 4.34. The van der Waals surface area contributed by atoms with Crippen molar-refractivity contribution in [1.29, 1.82) is 0 Å². The van der Waals surface area contributed by atoms with Crippen LogP contribution in [0.25, 0.3) is 38.6 Å². The average molecular weight is 530 g/mol. The third kappa shape index (κ3) is 4.51. The van der Waals surface area contributed by atoms with Crippen LogP contribution in [0.1, 0.15) is 31.4 Å². The molecule has 0 radical (unpaired) electrons. The first-order chi connectivity index (χ1) is 19.6. The first-order valence-electron chi connectivity index (χ1n) is 13.1. The molecule has 0 fully saturated rings. The second-order valence-electron chi connectivity index (χ2n) is 9.35. The van der Waals surface area contributed by atoms with Gasteiger partial charge >= 0.3 is 6.01 Å². The molecule has 0 aliphatic carbocycles. The summed E-state index contributed by atoms with van der Waals surface area (Å²) >= 11 is 0. The van der Waals surface area contributed by atoms with Crippen LogP contribution in [-0.2, 0) is 6.42 Å². The van der Waals surface area contributed by atoms with Gasteiger partial charge in [-0.1, -0.05) is 43.3 Å². The molecule has 6 rings (SSSR count). The number of hydrogen-bond donors (Lipinski definition) is 1. The van der Waals surface area contributed by atoms with Gasteiger partial charge in [-0.05, 0) is 48.2 Å². The van der Waals surface area contributed by atoms with Crippen LogP contribution >= 0.6 is 0 Å². The number of ether oxygens (including phenoxy) is 1. The van der Waals surface area contributed by atoms with E-state index in [0.29, 0.717) is 23.1 Å². The molecule has 198 valence electrons. The number of nitrogens with one attached hydrogen (secondary N) is 1. The van der Waals surface area contributed by atoms with E-state index in [1.807, 2.05) is 80.6 Å². The molecule has 0 unspecified atom stereocenters. The largest absolute Gasteiger partial charge is 0.467 e. The molecule has 0 spiro atoms. The topological polar surface area (TPSA) is 108 Å². The van der Waals surface area contributed by atoms with Gasteiger partial charge in [0.15, 0.2) is 5.82 Å². The predicted molar refractivity (Wildman–Crippen MR) is 156 cm³/mol. The number of aryl methyl sites for hydroxylation is 1. The monoisotopic (exact) mass is 529 g/mol. The van der Waals surface area contributed by atoms with E-state index in [1.165, 1.54) is 7.11 Å². The molecule has 0 aliphatic rings. The standard InChI is InChI=1S/C31H27N7O2/c1-4-26-36-24-14-9-15-32-28(24)29(37-26)35-19(2)25-16-20-10-8-13-23(21-17-33-31(40-3)34-18-21)27(20)30(39)38(25)22-11-6-5-7-12-22/h5-19H,4H2,1-3H3,(H,35,36,37)/t19-/m0/s1. The summed E-state index contributed by atoms with van der Waals surface area (Å²) in [6.07, 6.45) is 5.76. The van der Waals surface area contributed by atoms with E-state index in [1.54, 1.807) is 23.2 Å². The molecule has 1 atom stereocenters. The Morgan fingerprint density at radius 1 is 0.950 bits per heavy atom. The number of benzene rings is 2. The summed E-state index contributed by atoms with van der Waals surface area (Å²) in [6.45, 7) is 4.04. The Morgan fingerprint density at radius 3 is 2.50 bits per heavy atom. The summed E-state index contributed by atoms with van der Waals surface area (Å²) in [5, 5.41) is 4.93. The number of aromatic nitrogens is 6. The van der Waals surface area contributed by atoms with E-state index < -0.39 is 0 Å². The van der Waals surface area contributed by atoms with Crippen molar-refractivity contribution in [3.05, 3.63) is 107 Å². The van der Waals surface area contributed by atoms with E-state index in [2.05, 4.69) is 25.3 Å². The molecule has 2 aromatic carbocycles. The Kier molecular flexibility index (Phi) is 6.61. The van der Waals surface area contributed by atoms with Crippen LogP contribution in [0.15, 0.2) is 90.1 Å². The van der Waals surface area contributed by atoms with E-state index >= 15 is 0 Å². The Labute approximate surface area is 230 Å². The van der Waals surface area contributed by atoms with Gasteiger partial charge in [-0.3, -0.25) is 14.3 Å². The highest BCUT2D eigenvalue weighted by atomic mass is 16.5. The van der Waals surface area contributed by atoms with Crippen molar-refractivity contribution in [3.8, 4) is 22.8 Å². The van der Waals surface area contributed by atoms with E-state index in [-0.39, 0.29) is 17.6 Å². The van der Waals surface area contributed by atoms with Gasteiger partial charge in [-0.15, -0.1) is 0 Å². The Morgan fingerprint density at radius 2 is 1.75 bits per heavy atom. The zero-order valence-corrected chi connectivity index (χ0v) is 22.4. The molecule has 40 heavy (non-hydrogen) atoms. The predicted octanol–water partition coefficient (Wildman–Crippen LogP) is 5.53. The molecule has 6 aromatic rings. The molecule has 4 heterocycles. The lowest BCUT2D eigenvalue weighted by Gasteiger charge is -2.22. The zero-order chi connectivity index (χ0) is 27.6. The van der Waals surface area contributed by atoms with Crippen LogP contribution in [0.3, 0.4) is 0 Å². The molecule has 9 nitrogen and oxygen atoms in total. The minimum absolute atomic E-state index is 0.140. The number of hydrogen-bond acceptors (Lipinski definition) is 8. The molecule has 1 N–H and O–H groups in total. The molecule has 0 saturated heterocycles. The fourth-order valence-corrected chi connectivity index (χ4v) is 4.90. The quantitative estimate of drug-likeness (QED) is 0.288. The van der Waals surface area contributed by atoms with E-state index in [9.17, 15) is 4.79 Å². The summed E-state index contributed by atoms with van der Waals surface area (Å²) in [7, 11) is 1.52. The maximum absolute atomic E-state index is 14.4. The second-order valence-corrected chi connectivity index (χ2v) is 9.35. The van der Waals surface area contributed by atoms with Crippen LogP contribution in [-0.4, -0.2) is 36.6 Å².